The van der Waals surface area contributed by atoms with E-state index in [1.165, 1.54) is 32.1 Å². The van der Waals surface area contributed by atoms with Crippen LogP contribution in [0.1, 0.15) is 43.7 Å². The Hall–Kier alpha value is -1.59. The van der Waals surface area contributed by atoms with Gasteiger partial charge in [-0.3, -0.25) is 4.79 Å². The van der Waals surface area contributed by atoms with Crippen molar-refractivity contribution in [2.45, 2.75) is 38.0 Å². The van der Waals surface area contributed by atoms with Crippen LogP contribution in [-0.4, -0.2) is 21.9 Å². The van der Waals surface area contributed by atoms with Crippen molar-refractivity contribution in [3.8, 4) is 0 Å². The van der Waals surface area contributed by atoms with Crippen molar-refractivity contribution in [1.82, 2.24) is 14.9 Å². The van der Waals surface area contributed by atoms with Crippen LogP contribution >= 0.6 is 0 Å². The quantitative estimate of drug-likeness (QED) is 0.784. The number of rotatable bonds is 2. The zero-order valence-corrected chi connectivity index (χ0v) is 11.7. The molecule has 5 rings (SSSR count). The van der Waals surface area contributed by atoms with Crippen molar-refractivity contribution in [1.29, 1.82) is 0 Å². The molecule has 4 bridgehead atoms. The van der Waals surface area contributed by atoms with Gasteiger partial charge in [-0.05, 0) is 55.8 Å². The highest BCUT2D eigenvalue weighted by atomic mass is 16.1. The van der Waals surface area contributed by atoms with Gasteiger partial charge in [-0.15, -0.1) is 10.2 Å². The molecule has 1 aromatic heterocycles. The van der Waals surface area contributed by atoms with Crippen molar-refractivity contribution in [3.63, 3.8) is 0 Å². The van der Waals surface area contributed by atoms with Gasteiger partial charge in [0, 0.05) is 13.0 Å². The molecule has 20 heavy (non-hydrogen) atoms. The molecule has 4 aliphatic carbocycles. The standard InChI is InChI=1S/C14H21N5O/c1-16-14-18-17-12(13(20)19(14)15)11-9-3-7-2-8(5-9)6-10(11)4-7/h7-11H,2-6,15H2,1H3,(H,16,18). The number of aromatic nitrogens is 3. The largest absolute Gasteiger partial charge is 0.356 e. The predicted molar refractivity (Wildman–Crippen MR) is 75.8 cm³/mol. The zero-order chi connectivity index (χ0) is 13.9. The minimum absolute atomic E-state index is 0.179. The minimum atomic E-state index is -0.179. The first-order valence-electron chi connectivity index (χ1n) is 7.59. The second-order valence-electron chi connectivity index (χ2n) is 6.79. The summed E-state index contributed by atoms with van der Waals surface area (Å²) in [6.07, 6.45) is 6.45. The lowest BCUT2D eigenvalue weighted by atomic mass is 9.51. The van der Waals surface area contributed by atoms with Gasteiger partial charge in [0.15, 0.2) is 0 Å². The Kier molecular flexibility index (Phi) is 2.56. The first-order chi connectivity index (χ1) is 9.67. The maximum Gasteiger partial charge on any atom is 0.295 e. The fourth-order valence-electron chi connectivity index (χ4n) is 5.16. The highest BCUT2D eigenvalue weighted by Crippen LogP contribution is 2.59. The number of nitrogens with zero attached hydrogens (tertiary/aromatic N) is 3. The van der Waals surface area contributed by atoms with E-state index in [0.29, 0.717) is 23.5 Å². The molecule has 4 aliphatic rings. The van der Waals surface area contributed by atoms with Crippen molar-refractivity contribution >= 4 is 5.95 Å². The fraction of sp³-hybridized carbons (Fsp3) is 0.786. The minimum Gasteiger partial charge on any atom is -0.356 e. The SMILES string of the molecule is CNc1nnc(C2C3CC4CC(C3)CC2C4)c(=O)n1N. The summed E-state index contributed by atoms with van der Waals surface area (Å²) in [6.45, 7) is 0. The second kappa shape index (κ2) is 4.20. The Morgan fingerprint density at radius 1 is 1.10 bits per heavy atom. The first kappa shape index (κ1) is 12.2. The normalized spacial score (nSPS) is 38.1. The van der Waals surface area contributed by atoms with E-state index >= 15 is 0 Å². The number of nitrogens with two attached hydrogens (primary N) is 1. The van der Waals surface area contributed by atoms with Gasteiger partial charge < -0.3 is 11.2 Å². The van der Waals surface area contributed by atoms with Gasteiger partial charge in [-0.2, -0.15) is 4.68 Å². The third-order valence-electron chi connectivity index (χ3n) is 5.68. The van der Waals surface area contributed by atoms with Gasteiger partial charge in [0.2, 0.25) is 5.95 Å². The van der Waals surface area contributed by atoms with E-state index in [1.54, 1.807) is 7.05 Å². The third kappa shape index (κ3) is 1.60. The number of anilines is 1. The van der Waals surface area contributed by atoms with Crippen LogP contribution in [0.2, 0.25) is 0 Å². The van der Waals surface area contributed by atoms with Gasteiger partial charge in [0.25, 0.3) is 5.56 Å². The maximum absolute atomic E-state index is 12.5. The van der Waals surface area contributed by atoms with Crippen molar-refractivity contribution in [2.24, 2.45) is 23.7 Å². The van der Waals surface area contributed by atoms with Crippen LogP contribution < -0.4 is 16.7 Å². The predicted octanol–water partition coefficient (Wildman–Crippen LogP) is 0.933. The smallest absolute Gasteiger partial charge is 0.295 e. The monoisotopic (exact) mass is 275 g/mol. The molecule has 0 aromatic carbocycles. The molecule has 6 heteroatoms. The molecule has 1 heterocycles. The summed E-state index contributed by atoms with van der Waals surface area (Å²) in [6, 6.07) is 0. The van der Waals surface area contributed by atoms with Crippen molar-refractivity contribution < 1.29 is 0 Å². The number of hydrogen-bond donors (Lipinski definition) is 2. The van der Waals surface area contributed by atoms with Crippen LogP contribution in [0.3, 0.4) is 0 Å². The Morgan fingerprint density at radius 2 is 1.70 bits per heavy atom. The summed E-state index contributed by atoms with van der Waals surface area (Å²) in [5.74, 6) is 9.44. The van der Waals surface area contributed by atoms with E-state index < -0.39 is 0 Å². The molecule has 6 nitrogen and oxygen atoms in total. The van der Waals surface area contributed by atoms with Crippen molar-refractivity contribution in [2.75, 3.05) is 18.2 Å². The van der Waals surface area contributed by atoms with E-state index in [1.807, 2.05) is 0 Å². The Balaban J connectivity index is 1.75. The van der Waals surface area contributed by atoms with Gasteiger partial charge in [-0.25, -0.2) is 0 Å². The molecule has 0 radical (unpaired) electrons. The van der Waals surface area contributed by atoms with Crippen LogP contribution in [0.15, 0.2) is 4.79 Å². The van der Waals surface area contributed by atoms with Crippen LogP contribution in [0.5, 0.6) is 0 Å². The second-order valence-corrected chi connectivity index (χ2v) is 6.79. The van der Waals surface area contributed by atoms with E-state index in [4.69, 9.17) is 5.84 Å². The Bertz CT molecular complexity index is 568. The van der Waals surface area contributed by atoms with E-state index in [9.17, 15) is 4.79 Å². The average Bonchev–Trinajstić information content (AvgIpc) is 2.42. The summed E-state index contributed by atoms with van der Waals surface area (Å²) in [5, 5.41) is 11.1. The fourth-order valence-corrected chi connectivity index (χ4v) is 5.16. The topological polar surface area (TPSA) is 85.8 Å². The molecule has 0 spiro atoms. The van der Waals surface area contributed by atoms with E-state index in [2.05, 4.69) is 15.5 Å². The molecule has 1 aromatic rings. The average molecular weight is 275 g/mol. The first-order valence-corrected chi connectivity index (χ1v) is 7.59. The lowest BCUT2D eigenvalue weighted by molar-refractivity contribution is -0.00505. The zero-order valence-electron chi connectivity index (χ0n) is 11.7. The molecule has 4 saturated carbocycles. The molecule has 0 unspecified atom stereocenters. The summed E-state index contributed by atoms with van der Waals surface area (Å²) in [5.41, 5.74) is 0.419. The van der Waals surface area contributed by atoms with Crippen LogP contribution in [0.4, 0.5) is 5.95 Å². The maximum atomic E-state index is 12.5. The number of hydrogen-bond acceptors (Lipinski definition) is 5. The van der Waals surface area contributed by atoms with E-state index in [0.717, 1.165) is 16.5 Å². The molecule has 0 aliphatic heterocycles. The van der Waals surface area contributed by atoms with Gasteiger partial charge >= 0.3 is 0 Å². The Labute approximate surface area is 117 Å². The molecule has 0 amide bonds. The van der Waals surface area contributed by atoms with Crippen LogP contribution in [0, 0.1) is 23.7 Å². The highest BCUT2D eigenvalue weighted by molar-refractivity contribution is 5.25. The molecular weight excluding hydrogens is 254 g/mol. The lowest BCUT2D eigenvalue weighted by Crippen LogP contribution is -2.47. The van der Waals surface area contributed by atoms with Gasteiger partial charge in [0.1, 0.15) is 5.69 Å². The molecule has 4 fully saturated rings. The van der Waals surface area contributed by atoms with Crippen LogP contribution in [0.25, 0.3) is 0 Å². The molecular formula is C14H21N5O. The Morgan fingerprint density at radius 3 is 2.25 bits per heavy atom. The summed E-state index contributed by atoms with van der Waals surface area (Å²) < 4.78 is 1.10. The summed E-state index contributed by atoms with van der Waals surface area (Å²) in [7, 11) is 1.69. The highest BCUT2D eigenvalue weighted by Gasteiger charge is 2.50. The summed E-state index contributed by atoms with van der Waals surface area (Å²) in [4.78, 5) is 12.5. The van der Waals surface area contributed by atoms with Crippen LogP contribution in [-0.2, 0) is 0 Å². The number of nitrogen functional groups attached to an aromatic ring is 1. The molecule has 0 atom stereocenters. The van der Waals surface area contributed by atoms with Gasteiger partial charge in [-0.1, -0.05) is 0 Å². The third-order valence-corrected chi connectivity index (χ3v) is 5.68. The molecule has 3 N–H and O–H groups in total. The van der Waals surface area contributed by atoms with Gasteiger partial charge in [0.05, 0.1) is 0 Å². The molecule has 108 valence electrons. The number of nitrogens with one attached hydrogen (secondary N) is 1. The summed E-state index contributed by atoms with van der Waals surface area (Å²) >= 11 is 0. The molecule has 0 saturated heterocycles. The van der Waals surface area contributed by atoms with Crippen molar-refractivity contribution in [3.05, 3.63) is 16.0 Å². The lowest BCUT2D eigenvalue weighted by Gasteiger charge is -2.53. The van der Waals surface area contributed by atoms with E-state index in [-0.39, 0.29) is 11.5 Å².